The van der Waals surface area contributed by atoms with Crippen molar-refractivity contribution in [3.05, 3.63) is 80.1 Å². The van der Waals surface area contributed by atoms with Crippen LogP contribution < -0.4 is 26.8 Å². The molecule has 22 heteroatoms. The molecule has 0 saturated carbocycles. The lowest BCUT2D eigenvalue weighted by molar-refractivity contribution is -0.172. The topological polar surface area (TPSA) is 270 Å². The molecule has 1 aromatic carbocycles. The zero-order chi connectivity index (χ0) is 54.6. The Hall–Kier alpha value is -6.67. The van der Waals surface area contributed by atoms with E-state index in [1.54, 1.807) is 39.8 Å². The van der Waals surface area contributed by atoms with E-state index in [1.807, 2.05) is 0 Å². The van der Waals surface area contributed by atoms with E-state index in [9.17, 15) is 46.7 Å². The number of hydrogen-bond acceptors (Lipinski definition) is 15. The van der Waals surface area contributed by atoms with E-state index in [2.05, 4.69) is 61.8 Å². The molecule has 2 aliphatic heterocycles. The summed E-state index contributed by atoms with van der Waals surface area (Å²) in [7, 11) is -3.54. The first kappa shape index (κ1) is 57.6. The van der Waals surface area contributed by atoms with Crippen LogP contribution >= 0.6 is 0 Å². The third-order valence-electron chi connectivity index (χ3n) is 13.5. The van der Waals surface area contributed by atoms with Crippen LogP contribution in [0.3, 0.4) is 0 Å². The Morgan fingerprint density at radius 2 is 1.71 bits per heavy atom. The van der Waals surface area contributed by atoms with Crippen molar-refractivity contribution in [2.75, 3.05) is 45.8 Å². The fraction of sp³-hybridized carbons (Fsp3) is 0.528. The number of cyclic esters (lactones) is 1. The Kier molecular flexibility index (Phi) is 19.8. The molecule has 0 radical (unpaired) electrons. The van der Waals surface area contributed by atoms with E-state index in [0.717, 1.165) is 43.4 Å². The first-order chi connectivity index (χ1) is 35.7. The number of esters is 1. The number of aliphatic hydroxyl groups is 1. The number of benzene rings is 1. The van der Waals surface area contributed by atoms with Crippen LogP contribution in [0.15, 0.2) is 40.5 Å². The number of unbranched alkanes of at least 4 members (excludes halogenated alkanes) is 2. The quantitative estimate of drug-likeness (QED) is 0.0185. The summed E-state index contributed by atoms with van der Waals surface area (Å²) in [5.74, 6) is 2.12. The lowest BCUT2D eigenvalue weighted by Crippen LogP contribution is -2.56. The average Bonchev–Trinajstić information content (AvgIpc) is 3.74. The van der Waals surface area contributed by atoms with Gasteiger partial charge in [-0.2, -0.15) is 0 Å². The molecule has 5 N–H and O–H groups in total. The van der Waals surface area contributed by atoms with Crippen molar-refractivity contribution in [3.63, 3.8) is 0 Å². The molecule has 0 aliphatic carbocycles. The number of ether oxygens (including phenoxy) is 2. The minimum absolute atomic E-state index is 0.0115. The van der Waals surface area contributed by atoms with E-state index < -0.39 is 69.1 Å². The number of carbonyl (C=O) groups is 5. The van der Waals surface area contributed by atoms with Gasteiger partial charge in [-0.25, -0.2) is 32.6 Å². The average molecular weight is 1060 g/mol. The molecule has 20 nitrogen and oxygen atoms in total. The monoisotopic (exact) mass is 1060 g/mol. The number of sulfone groups is 1. The SMILES string of the molecule is CCN(CC)CCCCC(NC(=O)C(NC(=O)CCCC#Cc1cnc(S(C)(=O)=O)nc1)C(C)C)C(=O)NCC(=O)NCOCCCc1c2c(nc3cc(F)c(C)cc13)-c1cc3c(c(=O)n1C2)COC(=O)[C@]3(O)CC. The predicted octanol–water partition coefficient (Wildman–Crippen LogP) is 3.22. The third-order valence-corrected chi connectivity index (χ3v) is 14.4. The van der Waals surface area contributed by atoms with Crippen LogP contribution in [0.4, 0.5) is 4.39 Å². The summed E-state index contributed by atoms with van der Waals surface area (Å²) >= 11 is 0. The second-order valence-corrected chi connectivity index (χ2v) is 21.1. The summed E-state index contributed by atoms with van der Waals surface area (Å²) in [6.45, 7) is 13.0. The Balaban J connectivity index is 1.01. The minimum atomic E-state index is -3.54. The fourth-order valence-electron chi connectivity index (χ4n) is 9.09. The molecule has 2 aliphatic rings. The molecular weight excluding hydrogens is 990 g/mol. The van der Waals surface area contributed by atoms with Crippen molar-refractivity contribution in [2.45, 2.75) is 135 Å². The number of hydrogen-bond donors (Lipinski definition) is 5. The molecule has 0 fully saturated rings. The number of halogens is 1. The molecule has 0 spiro atoms. The lowest BCUT2D eigenvalue weighted by Gasteiger charge is -2.31. The number of rotatable bonds is 25. The van der Waals surface area contributed by atoms with E-state index in [-0.39, 0.29) is 73.9 Å². The van der Waals surface area contributed by atoms with Gasteiger partial charge in [0.05, 0.1) is 41.1 Å². The highest BCUT2D eigenvalue weighted by atomic mass is 32.2. The van der Waals surface area contributed by atoms with Crippen molar-refractivity contribution in [1.29, 1.82) is 0 Å². The second kappa shape index (κ2) is 25.7. The zero-order valence-electron chi connectivity index (χ0n) is 43.7. The summed E-state index contributed by atoms with van der Waals surface area (Å²) in [4.78, 5) is 94.5. The Morgan fingerprint density at radius 3 is 2.39 bits per heavy atom. The molecule has 0 saturated heterocycles. The van der Waals surface area contributed by atoms with Gasteiger partial charge in [0.1, 0.15) is 31.2 Å². The predicted molar refractivity (Wildman–Crippen MR) is 276 cm³/mol. The summed E-state index contributed by atoms with van der Waals surface area (Å²) in [5.41, 5.74) is 1.60. The number of nitrogens with one attached hydrogen (secondary N) is 4. The van der Waals surface area contributed by atoms with Crippen LogP contribution in [0.5, 0.6) is 0 Å². The molecule has 2 unspecified atom stereocenters. The smallest absolute Gasteiger partial charge is 0.343 e. The largest absolute Gasteiger partial charge is 0.458 e. The van der Waals surface area contributed by atoms with Gasteiger partial charge in [0.2, 0.25) is 38.6 Å². The summed E-state index contributed by atoms with van der Waals surface area (Å²) < 4.78 is 50.7. The van der Waals surface area contributed by atoms with Crippen molar-refractivity contribution < 1.29 is 51.4 Å². The van der Waals surface area contributed by atoms with Gasteiger partial charge in [0.15, 0.2) is 5.60 Å². The van der Waals surface area contributed by atoms with Crippen LogP contribution in [0.1, 0.15) is 119 Å². The van der Waals surface area contributed by atoms with Gasteiger partial charge in [-0.05, 0) is 101 Å². The first-order valence-corrected chi connectivity index (χ1v) is 27.3. The number of amides is 4. The van der Waals surface area contributed by atoms with Crippen molar-refractivity contribution >= 4 is 50.3 Å². The van der Waals surface area contributed by atoms with Crippen LogP contribution in [0.25, 0.3) is 22.3 Å². The first-order valence-electron chi connectivity index (χ1n) is 25.4. The molecule has 4 aromatic rings. The Morgan fingerprint density at radius 1 is 0.973 bits per heavy atom. The molecule has 0 bridgehead atoms. The maximum absolute atomic E-state index is 15.0. The molecule has 3 aromatic heterocycles. The zero-order valence-corrected chi connectivity index (χ0v) is 44.5. The van der Waals surface area contributed by atoms with Gasteiger partial charge in [0.25, 0.3) is 5.56 Å². The highest BCUT2D eigenvalue weighted by molar-refractivity contribution is 7.90. The van der Waals surface area contributed by atoms with Gasteiger partial charge in [-0.3, -0.25) is 24.0 Å². The molecule has 5 heterocycles. The van der Waals surface area contributed by atoms with E-state index in [0.29, 0.717) is 65.5 Å². The molecule has 3 atom stereocenters. The maximum Gasteiger partial charge on any atom is 0.343 e. The highest BCUT2D eigenvalue weighted by Crippen LogP contribution is 2.41. The molecule has 6 rings (SSSR count). The fourth-order valence-corrected chi connectivity index (χ4v) is 9.58. The Labute approximate surface area is 436 Å². The standard InChI is InChI=1S/C53H68FN9O11S/c1-8-53(70)39-24-43-47-37(29-63(43)50(68)38(39)30-74-51(53)69)35(36-23-33(6)40(54)25-42(36)59-47)18-16-22-73-31-58-45(65)28-55-48(66)41(19-14-15-21-62(9-2)10-3)60-49(67)46(32(4)5)61-44(64)20-13-11-12-17-34-26-56-52(57-27-34)75(7,71)72/h23-27,32,41,46,70H,8-11,13-16,18-22,28-31H2,1-7H3,(H,55,66)(H,58,65)(H,60,67)(H,61,64)/t41?,46?,53-/m0/s1. The van der Waals surface area contributed by atoms with Crippen LogP contribution in [0.2, 0.25) is 0 Å². The minimum Gasteiger partial charge on any atom is -0.458 e. The highest BCUT2D eigenvalue weighted by Gasteiger charge is 2.45. The van der Waals surface area contributed by atoms with Gasteiger partial charge >= 0.3 is 5.97 Å². The number of carbonyl (C=O) groups excluding carboxylic acids is 5. The van der Waals surface area contributed by atoms with Crippen LogP contribution in [0, 0.1) is 30.5 Å². The van der Waals surface area contributed by atoms with Gasteiger partial charge in [0, 0.05) is 60.7 Å². The molecule has 4 amide bonds. The third kappa shape index (κ3) is 14.2. The summed E-state index contributed by atoms with van der Waals surface area (Å²) in [6.07, 6.45) is 6.95. The molecule has 75 heavy (non-hydrogen) atoms. The maximum atomic E-state index is 15.0. The van der Waals surface area contributed by atoms with Crippen molar-refractivity contribution in [2.24, 2.45) is 5.92 Å². The van der Waals surface area contributed by atoms with E-state index in [1.165, 1.54) is 23.0 Å². The summed E-state index contributed by atoms with van der Waals surface area (Å²) in [6, 6.07) is 2.73. The van der Waals surface area contributed by atoms with Crippen molar-refractivity contribution in [3.8, 4) is 23.2 Å². The molecule has 404 valence electrons. The number of nitrogens with zero attached hydrogens (tertiary/aromatic N) is 5. The number of pyridine rings is 2. The van der Waals surface area contributed by atoms with Crippen molar-refractivity contribution in [1.82, 2.24) is 45.7 Å². The van der Waals surface area contributed by atoms with Crippen LogP contribution in [-0.2, 0) is 68.5 Å². The number of aryl methyl sites for hydroxylation is 2. The number of aromatic nitrogens is 4. The van der Waals surface area contributed by atoms with Gasteiger partial charge in [-0.1, -0.05) is 46.5 Å². The second-order valence-electron chi connectivity index (χ2n) is 19.2. The van der Waals surface area contributed by atoms with E-state index in [4.69, 9.17) is 14.5 Å². The lowest BCUT2D eigenvalue weighted by atomic mass is 9.86. The Bertz CT molecular complexity index is 3020. The number of fused-ring (bicyclic) bond motifs is 5. The van der Waals surface area contributed by atoms with Gasteiger partial charge in [-0.15, -0.1) is 0 Å². The summed E-state index contributed by atoms with van der Waals surface area (Å²) in [5, 5.41) is 22.6. The normalized spacial score (nSPS) is 15.5. The molecular formula is C53H68FN9O11S. The van der Waals surface area contributed by atoms with Crippen LogP contribution in [-0.4, -0.2) is 125 Å². The van der Waals surface area contributed by atoms with E-state index >= 15 is 0 Å². The van der Waals surface area contributed by atoms with Gasteiger partial charge < -0.3 is 45.3 Å².